The fourth-order valence-corrected chi connectivity index (χ4v) is 2.31. The van der Waals surface area contributed by atoms with Crippen molar-refractivity contribution in [3.63, 3.8) is 0 Å². The van der Waals surface area contributed by atoms with E-state index in [1.54, 1.807) is 25.3 Å². The summed E-state index contributed by atoms with van der Waals surface area (Å²) in [5.41, 5.74) is 0.775. The molecular weight excluding hydrogens is 299 g/mol. The highest BCUT2D eigenvalue weighted by atomic mass is 19.4. The number of rotatable bonds is 8. The van der Waals surface area contributed by atoms with Gasteiger partial charge >= 0.3 is 6.18 Å². The molecule has 22 heavy (non-hydrogen) atoms. The van der Waals surface area contributed by atoms with Crippen molar-refractivity contribution < 1.29 is 27.4 Å². The summed E-state index contributed by atoms with van der Waals surface area (Å²) < 4.78 is 52.9. The minimum absolute atomic E-state index is 0.283. The van der Waals surface area contributed by atoms with E-state index in [0.29, 0.717) is 24.7 Å². The van der Waals surface area contributed by atoms with Crippen LogP contribution in [0.3, 0.4) is 0 Å². The van der Waals surface area contributed by atoms with Gasteiger partial charge in [0.15, 0.2) is 11.5 Å². The Kier molecular flexibility index (Phi) is 5.52. The number of benzene rings is 1. The van der Waals surface area contributed by atoms with E-state index in [0.717, 1.165) is 12.0 Å². The molecule has 7 heteroatoms. The summed E-state index contributed by atoms with van der Waals surface area (Å²) in [5, 5.41) is 2.85. The van der Waals surface area contributed by atoms with Gasteiger partial charge in [-0.15, -0.1) is 0 Å². The van der Waals surface area contributed by atoms with Gasteiger partial charge < -0.3 is 19.5 Å². The average Bonchev–Trinajstić information content (AvgIpc) is 3.20. The third-order valence-electron chi connectivity index (χ3n) is 3.44. The van der Waals surface area contributed by atoms with Crippen LogP contribution in [0.4, 0.5) is 13.2 Å². The van der Waals surface area contributed by atoms with Gasteiger partial charge in [0.1, 0.15) is 0 Å². The van der Waals surface area contributed by atoms with Crippen LogP contribution in [0.2, 0.25) is 0 Å². The first-order chi connectivity index (χ1) is 10.4. The Hall–Kier alpha value is -1.47. The van der Waals surface area contributed by atoms with Gasteiger partial charge in [0.25, 0.3) is 0 Å². The van der Waals surface area contributed by atoms with Crippen LogP contribution in [0.5, 0.6) is 11.5 Å². The molecule has 1 N–H and O–H groups in total. The van der Waals surface area contributed by atoms with Crippen molar-refractivity contribution in [3.05, 3.63) is 23.8 Å². The zero-order chi connectivity index (χ0) is 16.2. The van der Waals surface area contributed by atoms with Gasteiger partial charge in [0.05, 0.1) is 20.1 Å². The second-order valence-electron chi connectivity index (χ2n) is 5.18. The fourth-order valence-electron chi connectivity index (χ4n) is 2.31. The molecule has 0 saturated carbocycles. The molecule has 1 fully saturated rings. The highest BCUT2D eigenvalue weighted by Crippen LogP contribution is 2.40. The summed E-state index contributed by atoms with van der Waals surface area (Å²) in [4.78, 5) is 0. The topological polar surface area (TPSA) is 49.6 Å². The summed E-state index contributed by atoms with van der Waals surface area (Å²) in [7, 11) is 3.14. The lowest BCUT2D eigenvalue weighted by Gasteiger charge is -2.12. The molecule has 0 radical (unpaired) electrons. The molecule has 1 aliphatic heterocycles. The van der Waals surface area contributed by atoms with Crippen LogP contribution < -0.4 is 14.8 Å². The number of halogens is 3. The summed E-state index contributed by atoms with van der Waals surface area (Å²) >= 11 is 0. The number of alkyl halides is 3. The quantitative estimate of drug-likeness (QED) is 0.591. The molecule has 0 amide bonds. The Bertz CT molecular complexity index is 493. The Balaban J connectivity index is 1.98. The molecule has 1 aromatic rings. The van der Waals surface area contributed by atoms with Crippen molar-refractivity contribution in [3.8, 4) is 11.5 Å². The van der Waals surface area contributed by atoms with Crippen molar-refractivity contribution in [2.45, 2.75) is 31.1 Å². The molecule has 1 saturated heterocycles. The van der Waals surface area contributed by atoms with Gasteiger partial charge in [0, 0.05) is 32.2 Å². The highest BCUT2D eigenvalue weighted by molar-refractivity contribution is 5.45. The summed E-state index contributed by atoms with van der Waals surface area (Å²) in [5.74, 6) is 1.10. The number of nitrogens with one attached hydrogen (secondary N) is 1. The highest BCUT2D eigenvalue weighted by Gasteiger charge is 2.45. The van der Waals surface area contributed by atoms with Crippen LogP contribution in [0, 0.1) is 0 Å². The number of hydrogen-bond acceptors (Lipinski definition) is 4. The molecule has 1 aromatic carbocycles. The van der Waals surface area contributed by atoms with E-state index in [2.05, 4.69) is 5.32 Å². The SMILES string of the molecule is COCCCOc1cc([C@@H]2N[C@H]2CC(F)(F)F)ccc1OC. The average molecular weight is 319 g/mol. The second-order valence-corrected chi connectivity index (χ2v) is 5.18. The van der Waals surface area contributed by atoms with E-state index in [-0.39, 0.29) is 6.04 Å². The van der Waals surface area contributed by atoms with Crippen LogP contribution in [0.15, 0.2) is 18.2 Å². The first-order valence-corrected chi connectivity index (χ1v) is 7.07. The molecule has 0 spiro atoms. The third kappa shape index (κ3) is 4.78. The normalized spacial score (nSPS) is 20.8. The van der Waals surface area contributed by atoms with E-state index in [1.165, 1.54) is 7.11 Å². The van der Waals surface area contributed by atoms with Gasteiger partial charge in [-0.2, -0.15) is 13.2 Å². The standard InChI is InChI=1S/C15H20F3NO3/c1-20-6-3-7-22-13-8-10(4-5-12(13)21-2)14-11(19-14)9-15(16,17)18/h4-5,8,11,14,19H,3,6-7,9H2,1-2H3/t11-,14-/m0/s1. The minimum atomic E-state index is -4.15. The maximum Gasteiger partial charge on any atom is 0.390 e. The molecular formula is C15H20F3NO3. The van der Waals surface area contributed by atoms with Crippen molar-refractivity contribution in [1.29, 1.82) is 0 Å². The maximum absolute atomic E-state index is 12.4. The smallest absolute Gasteiger partial charge is 0.390 e. The number of hydrogen-bond donors (Lipinski definition) is 1. The Morgan fingerprint density at radius 1 is 1.14 bits per heavy atom. The molecule has 4 nitrogen and oxygen atoms in total. The number of methoxy groups -OCH3 is 2. The van der Waals surface area contributed by atoms with Crippen LogP contribution in [-0.2, 0) is 4.74 Å². The van der Waals surface area contributed by atoms with E-state index >= 15 is 0 Å². The molecule has 2 atom stereocenters. The van der Waals surface area contributed by atoms with E-state index in [9.17, 15) is 13.2 Å². The van der Waals surface area contributed by atoms with Crippen molar-refractivity contribution in [2.75, 3.05) is 27.4 Å². The summed E-state index contributed by atoms with van der Waals surface area (Å²) in [6.45, 7) is 1.04. The Morgan fingerprint density at radius 2 is 1.91 bits per heavy atom. The van der Waals surface area contributed by atoms with Crippen molar-refractivity contribution in [2.24, 2.45) is 0 Å². The molecule has 1 aliphatic rings. The van der Waals surface area contributed by atoms with Gasteiger partial charge in [-0.1, -0.05) is 6.07 Å². The molecule has 0 aliphatic carbocycles. The second kappa shape index (κ2) is 7.19. The maximum atomic E-state index is 12.4. The first kappa shape index (κ1) is 16.9. The monoisotopic (exact) mass is 319 g/mol. The van der Waals surface area contributed by atoms with Crippen LogP contribution in [0.25, 0.3) is 0 Å². The zero-order valence-electron chi connectivity index (χ0n) is 12.6. The van der Waals surface area contributed by atoms with Crippen LogP contribution in [0.1, 0.15) is 24.4 Å². The fraction of sp³-hybridized carbons (Fsp3) is 0.600. The van der Waals surface area contributed by atoms with Gasteiger partial charge in [-0.05, 0) is 17.7 Å². The first-order valence-electron chi connectivity index (χ1n) is 7.07. The largest absolute Gasteiger partial charge is 0.493 e. The molecule has 0 aromatic heterocycles. The Labute approximate surface area is 127 Å². The van der Waals surface area contributed by atoms with Crippen LogP contribution >= 0.6 is 0 Å². The van der Waals surface area contributed by atoms with Crippen molar-refractivity contribution in [1.82, 2.24) is 5.32 Å². The summed E-state index contributed by atoms with van der Waals surface area (Å²) in [6, 6.07) is 4.36. The molecule has 0 unspecified atom stereocenters. The molecule has 0 bridgehead atoms. The van der Waals surface area contributed by atoms with Gasteiger partial charge in [-0.25, -0.2) is 0 Å². The molecule has 2 rings (SSSR count). The molecule has 124 valence electrons. The lowest BCUT2D eigenvalue weighted by Crippen LogP contribution is -2.12. The van der Waals surface area contributed by atoms with Gasteiger partial charge in [-0.3, -0.25) is 0 Å². The molecule has 1 heterocycles. The minimum Gasteiger partial charge on any atom is -0.493 e. The predicted octanol–water partition coefficient (Wildman–Crippen LogP) is 3.08. The predicted molar refractivity (Wildman–Crippen MR) is 75.3 cm³/mol. The van der Waals surface area contributed by atoms with Crippen LogP contribution in [-0.4, -0.2) is 39.7 Å². The lowest BCUT2D eigenvalue weighted by molar-refractivity contribution is -0.134. The summed E-state index contributed by atoms with van der Waals surface area (Å²) in [6.07, 6.45) is -4.26. The van der Waals surface area contributed by atoms with Crippen molar-refractivity contribution >= 4 is 0 Å². The third-order valence-corrected chi connectivity index (χ3v) is 3.44. The zero-order valence-corrected chi connectivity index (χ0v) is 12.6. The van der Waals surface area contributed by atoms with Gasteiger partial charge in [0.2, 0.25) is 0 Å². The van der Waals surface area contributed by atoms with E-state index in [4.69, 9.17) is 14.2 Å². The van der Waals surface area contributed by atoms with E-state index in [1.807, 2.05) is 0 Å². The number of ether oxygens (including phenoxy) is 3. The lowest BCUT2D eigenvalue weighted by atomic mass is 10.1. The van der Waals surface area contributed by atoms with E-state index < -0.39 is 18.6 Å². The Morgan fingerprint density at radius 3 is 2.55 bits per heavy atom.